The lowest BCUT2D eigenvalue weighted by molar-refractivity contribution is -0.384. The van der Waals surface area contributed by atoms with Crippen LogP contribution < -0.4 is 19.7 Å². The molecule has 1 atom stereocenters. The fourth-order valence-electron chi connectivity index (χ4n) is 9.65. The first kappa shape index (κ1) is 39.9. The lowest BCUT2D eigenvalue weighted by Crippen LogP contribution is -2.66. The number of nitrogens with zero attached hydrogens (tertiary/aromatic N) is 5. The van der Waals surface area contributed by atoms with Gasteiger partial charge in [0.1, 0.15) is 22.0 Å². The molecule has 4 aliphatic rings. The minimum atomic E-state index is -4.60. The number of ether oxygens (including phenoxy) is 2. The number of nitro groups is 1. The van der Waals surface area contributed by atoms with Crippen molar-refractivity contribution in [3.8, 4) is 11.5 Å². The van der Waals surface area contributed by atoms with Gasteiger partial charge in [0.15, 0.2) is 0 Å². The van der Waals surface area contributed by atoms with Crippen molar-refractivity contribution < 1.29 is 27.6 Å². The predicted octanol–water partition coefficient (Wildman–Crippen LogP) is 7.54. The van der Waals surface area contributed by atoms with Crippen LogP contribution in [0.15, 0.2) is 84.1 Å². The number of nitrogens with one attached hydrogen (secondary N) is 3. The highest BCUT2D eigenvalue weighted by Gasteiger charge is 2.55. The molecule has 5 aromatic rings. The van der Waals surface area contributed by atoms with E-state index >= 15 is 0 Å². The average molecular weight is 835 g/mol. The zero-order valence-corrected chi connectivity index (χ0v) is 34.6. The number of fused-ring (bicyclic) bond motifs is 1. The maximum atomic E-state index is 13.9. The van der Waals surface area contributed by atoms with Crippen molar-refractivity contribution in [2.24, 2.45) is 11.3 Å². The summed E-state index contributed by atoms with van der Waals surface area (Å²) in [5.74, 6) is 0.219. The van der Waals surface area contributed by atoms with Gasteiger partial charge in [0, 0.05) is 79.7 Å². The number of anilines is 2. The van der Waals surface area contributed by atoms with Crippen molar-refractivity contribution in [1.82, 2.24) is 24.6 Å². The van der Waals surface area contributed by atoms with Gasteiger partial charge in [-0.25, -0.2) is 23.1 Å². The molecule has 60 heavy (non-hydrogen) atoms. The highest BCUT2D eigenvalue weighted by atomic mass is 32.2. The maximum absolute atomic E-state index is 13.9. The van der Waals surface area contributed by atoms with E-state index in [0.29, 0.717) is 49.2 Å². The van der Waals surface area contributed by atoms with Crippen molar-refractivity contribution in [3.05, 3.63) is 106 Å². The molecule has 1 amide bonds. The Labute approximate surface area is 349 Å². The molecule has 16 heteroatoms. The zero-order valence-electron chi connectivity index (χ0n) is 33.8. The smallest absolute Gasteiger partial charge is 0.312 e. The summed E-state index contributed by atoms with van der Waals surface area (Å²) in [6.45, 7) is 9.06. The monoisotopic (exact) mass is 834 g/mol. The van der Waals surface area contributed by atoms with Gasteiger partial charge in [0.05, 0.1) is 22.9 Å². The highest BCUT2D eigenvalue weighted by Crippen LogP contribution is 2.54. The Hall–Kier alpha value is -5.58. The van der Waals surface area contributed by atoms with Crippen molar-refractivity contribution in [2.45, 2.75) is 75.3 Å². The summed E-state index contributed by atoms with van der Waals surface area (Å²) in [5.41, 5.74) is 4.11. The van der Waals surface area contributed by atoms with Gasteiger partial charge in [-0.3, -0.25) is 19.8 Å². The van der Waals surface area contributed by atoms with Crippen LogP contribution in [-0.4, -0.2) is 84.5 Å². The fourth-order valence-corrected chi connectivity index (χ4v) is 10.6. The SMILES string of the molecule is CC(C)c1ccccc1[C@@H]1CCCN1C1CC2(C1)CN(c1ccc(C(=O)NS(=O)(=O)c3cnc(NCC4CCOCC4)c([N+](=O)[O-])c3)c(Oc3cnc4[nH]ccc4c3)c1)C2. The number of carbonyl (C=O) groups is 1. The van der Waals surface area contributed by atoms with Gasteiger partial charge < -0.3 is 24.7 Å². The Morgan fingerprint density at radius 3 is 2.63 bits per heavy atom. The van der Waals surface area contributed by atoms with Gasteiger partial charge in [0.2, 0.25) is 5.82 Å². The standard InChI is InChI=1S/C44H50N8O7S/c1-28(2)35-6-3-4-7-36(35)38-8-5-15-51(38)32-21-44(22-32)26-50(27-44)31-9-10-37(40(19-31)59-33-18-30-11-14-45-41(30)47-24-33)43(53)49-60(56,57)34-20-39(52(54)55)42(48-25-34)46-23-29-12-16-58-17-13-29/h3-4,6-7,9-11,14,18-20,24-25,28-29,32,38H,5,8,12-13,15-17,21-23,26-27H2,1-2H3,(H,45,47)(H,46,48)(H,49,53)/t38-/m0/s1. The molecule has 2 aromatic carbocycles. The molecule has 0 radical (unpaired) electrons. The van der Waals surface area contributed by atoms with Crippen LogP contribution in [0.1, 0.15) is 85.8 Å². The van der Waals surface area contributed by atoms with Gasteiger partial charge in [-0.05, 0) is 92.3 Å². The first-order valence-corrected chi connectivity index (χ1v) is 22.3. The molecule has 1 saturated carbocycles. The van der Waals surface area contributed by atoms with Gasteiger partial charge in [-0.15, -0.1) is 0 Å². The Morgan fingerprint density at radius 2 is 1.85 bits per heavy atom. The summed E-state index contributed by atoms with van der Waals surface area (Å²) in [6.07, 6.45) is 10.6. The van der Waals surface area contributed by atoms with E-state index in [4.69, 9.17) is 9.47 Å². The Balaban J connectivity index is 0.912. The van der Waals surface area contributed by atoms with Crippen molar-refractivity contribution in [2.75, 3.05) is 49.6 Å². The first-order valence-electron chi connectivity index (χ1n) is 20.8. The minimum absolute atomic E-state index is 0.0330. The van der Waals surface area contributed by atoms with Crippen LogP contribution in [-0.2, 0) is 14.8 Å². The number of likely N-dealkylation sites (tertiary alicyclic amines) is 1. The largest absolute Gasteiger partial charge is 0.455 e. The molecule has 9 rings (SSSR count). The Kier molecular flexibility index (Phi) is 10.7. The summed E-state index contributed by atoms with van der Waals surface area (Å²) < 4.78 is 41.0. The van der Waals surface area contributed by atoms with Crippen LogP contribution in [0, 0.1) is 21.4 Å². The van der Waals surface area contributed by atoms with Gasteiger partial charge in [0.25, 0.3) is 15.9 Å². The van der Waals surface area contributed by atoms with Gasteiger partial charge in [-0.1, -0.05) is 38.1 Å². The quantitative estimate of drug-likeness (QED) is 0.0783. The molecule has 4 fully saturated rings. The summed E-state index contributed by atoms with van der Waals surface area (Å²) in [5, 5.41) is 15.8. The highest BCUT2D eigenvalue weighted by molar-refractivity contribution is 7.90. The van der Waals surface area contributed by atoms with E-state index in [-0.39, 0.29) is 28.5 Å². The summed E-state index contributed by atoms with van der Waals surface area (Å²) >= 11 is 0. The van der Waals surface area contributed by atoms with Crippen molar-refractivity contribution in [3.63, 3.8) is 0 Å². The molecule has 0 bridgehead atoms. The number of aromatic amines is 1. The second-order valence-electron chi connectivity index (χ2n) is 17.1. The molecule has 6 heterocycles. The molecule has 3 aliphatic heterocycles. The van der Waals surface area contributed by atoms with E-state index in [2.05, 4.69) is 72.9 Å². The van der Waals surface area contributed by atoms with Crippen LogP contribution >= 0.6 is 0 Å². The number of H-pyrrole nitrogens is 1. The van der Waals surface area contributed by atoms with E-state index in [1.165, 1.54) is 30.2 Å². The Bertz CT molecular complexity index is 2520. The van der Waals surface area contributed by atoms with E-state index in [1.807, 2.05) is 6.07 Å². The zero-order chi connectivity index (χ0) is 41.6. The normalized spacial score (nSPS) is 19.6. The van der Waals surface area contributed by atoms with Gasteiger partial charge in [-0.2, -0.15) is 0 Å². The fraction of sp³-hybridized carbons (Fsp3) is 0.432. The number of rotatable bonds is 13. The van der Waals surface area contributed by atoms with E-state index in [1.54, 1.807) is 30.5 Å². The molecule has 1 aliphatic carbocycles. The number of hydrogen-bond acceptors (Lipinski definition) is 12. The molecule has 15 nitrogen and oxygen atoms in total. The summed E-state index contributed by atoms with van der Waals surface area (Å²) in [6, 6.07) is 19.6. The number of carbonyl (C=O) groups excluding carboxylic acids is 1. The molecule has 0 unspecified atom stereocenters. The maximum Gasteiger partial charge on any atom is 0.312 e. The molecule has 314 valence electrons. The number of pyridine rings is 2. The topological polar surface area (TPSA) is 185 Å². The molecule has 3 N–H and O–H groups in total. The van der Waals surface area contributed by atoms with Crippen LogP contribution in [0.25, 0.3) is 11.0 Å². The number of hydrogen-bond donors (Lipinski definition) is 3. The minimum Gasteiger partial charge on any atom is -0.455 e. The third kappa shape index (κ3) is 7.90. The van der Waals surface area contributed by atoms with E-state index in [0.717, 1.165) is 68.7 Å². The lowest BCUT2D eigenvalue weighted by Gasteiger charge is -2.62. The van der Waals surface area contributed by atoms with Crippen molar-refractivity contribution >= 4 is 44.2 Å². The van der Waals surface area contributed by atoms with Crippen LogP contribution in [0.4, 0.5) is 17.2 Å². The average Bonchev–Trinajstić information content (AvgIpc) is 3.89. The second kappa shape index (κ2) is 16.1. The first-order chi connectivity index (χ1) is 28.9. The number of sulfonamides is 1. The third-order valence-corrected chi connectivity index (χ3v) is 14.1. The lowest BCUT2D eigenvalue weighted by atomic mass is 9.60. The molecule has 1 spiro atoms. The van der Waals surface area contributed by atoms with Crippen LogP contribution in [0.5, 0.6) is 11.5 Å². The predicted molar refractivity (Wildman–Crippen MR) is 227 cm³/mol. The van der Waals surface area contributed by atoms with Crippen LogP contribution in [0.2, 0.25) is 0 Å². The summed E-state index contributed by atoms with van der Waals surface area (Å²) in [7, 11) is -4.60. The number of aromatic nitrogens is 3. The second-order valence-corrected chi connectivity index (χ2v) is 18.8. The Morgan fingerprint density at radius 1 is 1.05 bits per heavy atom. The number of benzene rings is 2. The van der Waals surface area contributed by atoms with E-state index in [9.17, 15) is 23.3 Å². The molecular formula is C44H50N8O7S. The van der Waals surface area contributed by atoms with Crippen LogP contribution in [0.3, 0.4) is 0 Å². The van der Waals surface area contributed by atoms with Crippen molar-refractivity contribution in [1.29, 1.82) is 0 Å². The summed E-state index contributed by atoms with van der Waals surface area (Å²) in [4.78, 5) is 41.2. The third-order valence-electron chi connectivity index (χ3n) is 12.8. The molecule has 3 saturated heterocycles. The molecule has 3 aromatic heterocycles. The molecular weight excluding hydrogens is 785 g/mol. The van der Waals surface area contributed by atoms with E-state index < -0.39 is 31.4 Å². The number of amides is 1. The van der Waals surface area contributed by atoms with Gasteiger partial charge >= 0.3 is 5.69 Å².